The van der Waals surface area contributed by atoms with E-state index in [4.69, 9.17) is 9.15 Å². The van der Waals surface area contributed by atoms with E-state index in [2.05, 4.69) is 15.3 Å². The Balaban J connectivity index is 1.29. The first kappa shape index (κ1) is 22.0. The Morgan fingerprint density at radius 2 is 1.94 bits per heavy atom. The molecule has 7 nitrogen and oxygen atoms in total. The summed E-state index contributed by atoms with van der Waals surface area (Å²) in [5, 5.41) is 16.0. The minimum absolute atomic E-state index is 0.182. The number of benzene rings is 2. The van der Waals surface area contributed by atoms with Crippen molar-refractivity contribution in [3.63, 3.8) is 0 Å². The Labute approximate surface area is 199 Å². The van der Waals surface area contributed by atoms with Crippen molar-refractivity contribution in [3.05, 3.63) is 88.2 Å². The van der Waals surface area contributed by atoms with Crippen LogP contribution in [0.1, 0.15) is 35.7 Å². The summed E-state index contributed by atoms with van der Waals surface area (Å²) < 4.78 is 24.8. The first-order valence-corrected chi connectivity index (χ1v) is 11.7. The molecule has 0 fully saturated rings. The molecule has 0 saturated carbocycles. The van der Waals surface area contributed by atoms with Gasteiger partial charge in [-0.2, -0.15) is 5.10 Å². The van der Waals surface area contributed by atoms with Crippen LogP contribution in [0.15, 0.2) is 75.6 Å². The summed E-state index contributed by atoms with van der Waals surface area (Å²) >= 11 is 1.57. The number of nitrogens with zero attached hydrogens (tertiary/aromatic N) is 4. The Morgan fingerprint density at radius 3 is 2.62 bits per heavy atom. The van der Waals surface area contributed by atoms with Gasteiger partial charge in [0.15, 0.2) is 6.61 Å². The molecule has 0 saturated heterocycles. The second-order valence-corrected chi connectivity index (χ2v) is 8.65. The van der Waals surface area contributed by atoms with E-state index in [0.29, 0.717) is 30.4 Å². The predicted octanol–water partition coefficient (Wildman–Crippen LogP) is 5.26. The maximum atomic E-state index is 13.5. The second-order valence-electron chi connectivity index (χ2n) is 7.70. The van der Waals surface area contributed by atoms with Crippen LogP contribution >= 0.6 is 11.3 Å². The van der Waals surface area contributed by atoms with Gasteiger partial charge in [0, 0.05) is 18.4 Å². The van der Waals surface area contributed by atoms with Crippen molar-refractivity contribution >= 4 is 23.0 Å². The molecule has 2 aromatic heterocycles. The third kappa shape index (κ3) is 4.60. The van der Waals surface area contributed by atoms with Gasteiger partial charge >= 0.3 is 0 Å². The zero-order valence-corrected chi connectivity index (χ0v) is 19.2. The largest absolute Gasteiger partial charge is 0.484 e. The molecule has 34 heavy (non-hydrogen) atoms. The second kappa shape index (κ2) is 9.56. The van der Waals surface area contributed by atoms with Gasteiger partial charge in [-0.15, -0.1) is 21.5 Å². The molecular formula is C25H21FN4O3S. The van der Waals surface area contributed by atoms with Gasteiger partial charge in [-0.05, 0) is 53.4 Å². The van der Waals surface area contributed by atoms with Crippen LogP contribution in [0.3, 0.4) is 0 Å². The number of thiophene rings is 1. The van der Waals surface area contributed by atoms with Gasteiger partial charge in [0.05, 0.1) is 16.6 Å². The third-order valence-electron chi connectivity index (χ3n) is 5.46. The van der Waals surface area contributed by atoms with E-state index in [0.717, 1.165) is 21.7 Å². The molecule has 172 valence electrons. The van der Waals surface area contributed by atoms with Crippen molar-refractivity contribution in [1.82, 2.24) is 15.2 Å². The molecule has 0 aliphatic carbocycles. The summed E-state index contributed by atoms with van der Waals surface area (Å²) in [7, 11) is 0. The number of hydrogen-bond donors (Lipinski definition) is 0. The summed E-state index contributed by atoms with van der Waals surface area (Å²) in [6, 6.07) is 16.9. The van der Waals surface area contributed by atoms with Crippen molar-refractivity contribution < 1.29 is 18.3 Å². The minimum Gasteiger partial charge on any atom is -0.484 e. The summed E-state index contributed by atoms with van der Waals surface area (Å²) in [5.41, 5.74) is 2.42. The van der Waals surface area contributed by atoms with E-state index >= 15 is 0 Å². The van der Waals surface area contributed by atoms with Crippen LogP contribution in [0.4, 0.5) is 4.39 Å². The molecule has 1 unspecified atom stereocenters. The molecule has 1 aliphatic heterocycles. The molecular weight excluding hydrogens is 455 g/mol. The molecule has 9 heteroatoms. The number of ether oxygens (including phenoxy) is 1. The highest BCUT2D eigenvalue weighted by Gasteiger charge is 2.33. The van der Waals surface area contributed by atoms with Crippen molar-refractivity contribution in [3.8, 4) is 17.2 Å². The van der Waals surface area contributed by atoms with Crippen LogP contribution < -0.4 is 4.74 Å². The monoisotopic (exact) mass is 476 g/mol. The van der Waals surface area contributed by atoms with E-state index in [9.17, 15) is 9.18 Å². The van der Waals surface area contributed by atoms with Gasteiger partial charge < -0.3 is 9.15 Å². The predicted molar refractivity (Wildman–Crippen MR) is 126 cm³/mol. The molecule has 4 aromatic rings. The van der Waals surface area contributed by atoms with Crippen molar-refractivity contribution in [2.75, 3.05) is 6.61 Å². The summed E-state index contributed by atoms with van der Waals surface area (Å²) in [4.78, 5) is 14.1. The fraction of sp³-hybridized carbons (Fsp3) is 0.200. The number of aryl methyl sites for hydroxylation is 1. The molecule has 0 bridgehead atoms. The number of aromatic nitrogens is 2. The average Bonchev–Trinajstić information content (AvgIpc) is 3.64. The lowest BCUT2D eigenvalue weighted by atomic mass is 10.0. The Kier molecular flexibility index (Phi) is 6.18. The highest BCUT2D eigenvalue weighted by Crippen LogP contribution is 2.34. The van der Waals surface area contributed by atoms with Gasteiger partial charge in [-0.25, -0.2) is 9.40 Å². The molecule has 0 N–H and O–H groups in total. The van der Waals surface area contributed by atoms with Crippen LogP contribution in [0, 0.1) is 5.82 Å². The SMILES string of the molecule is CCc1nnc(-c2ccc(OCC(=O)N3N=C(c4cccs4)CC3c3ccc(F)cc3)cc2)o1. The number of amides is 1. The quantitative estimate of drug-likeness (QED) is 0.364. The number of rotatable bonds is 7. The number of hydrazone groups is 1. The lowest BCUT2D eigenvalue weighted by Crippen LogP contribution is -2.31. The zero-order valence-electron chi connectivity index (χ0n) is 18.3. The molecule has 1 atom stereocenters. The number of carbonyl (C=O) groups is 1. The number of hydrogen-bond acceptors (Lipinski definition) is 7. The van der Waals surface area contributed by atoms with Crippen molar-refractivity contribution in [2.45, 2.75) is 25.8 Å². The highest BCUT2D eigenvalue weighted by atomic mass is 32.1. The summed E-state index contributed by atoms with van der Waals surface area (Å²) in [6.45, 7) is 1.76. The third-order valence-corrected chi connectivity index (χ3v) is 6.38. The standard InChI is InChI=1S/C25H21FN4O3S/c1-2-23-27-28-25(33-23)17-7-11-19(12-8-17)32-15-24(31)30-21(16-5-9-18(26)10-6-16)14-20(29-30)22-4-3-13-34-22/h3-13,21H,2,14-15H2,1H3. The fourth-order valence-corrected chi connectivity index (χ4v) is 4.42. The Hall–Kier alpha value is -3.85. The van der Waals surface area contributed by atoms with Gasteiger partial charge in [0.25, 0.3) is 5.91 Å². The van der Waals surface area contributed by atoms with Crippen LogP contribution in [-0.2, 0) is 11.2 Å². The molecule has 3 heterocycles. The summed E-state index contributed by atoms with van der Waals surface area (Å²) in [5.74, 6) is 0.942. The first-order valence-electron chi connectivity index (χ1n) is 10.8. The van der Waals surface area contributed by atoms with E-state index in [-0.39, 0.29) is 24.4 Å². The zero-order chi connectivity index (χ0) is 23.5. The topological polar surface area (TPSA) is 80.8 Å². The van der Waals surface area contributed by atoms with Gasteiger partial charge in [0.2, 0.25) is 11.8 Å². The van der Waals surface area contributed by atoms with Crippen LogP contribution in [0.25, 0.3) is 11.5 Å². The van der Waals surface area contributed by atoms with Crippen molar-refractivity contribution in [2.24, 2.45) is 5.10 Å². The average molecular weight is 477 g/mol. The maximum absolute atomic E-state index is 13.5. The smallest absolute Gasteiger partial charge is 0.281 e. The van der Waals surface area contributed by atoms with Gasteiger partial charge in [0.1, 0.15) is 11.6 Å². The molecule has 5 rings (SSSR count). The van der Waals surface area contributed by atoms with Crippen LogP contribution in [-0.4, -0.2) is 33.4 Å². The molecule has 0 radical (unpaired) electrons. The van der Waals surface area contributed by atoms with E-state index < -0.39 is 0 Å². The van der Waals surface area contributed by atoms with E-state index in [1.54, 1.807) is 47.7 Å². The van der Waals surface area contributed by atoms with Crippen LogP contribution in [0.5, 0.6) is 5.75 Å². The van der Waals surface area contributed by atoms with Gasteiger partial charge in [-0.1, -0.05) is 25.1 Å². The highest BCUT2D eigenvalue weighted by molar-refractivity contribution is 7.12. The van der Waals surface area contributed by atoms with E-state index in [1.807, 2.05) is 24.4 Å². The lowest BCUT2D eigenvalue weighted by Gasteiger charge is -2.22. The first-order chi connectivity index (χ1) is 16.6. The normalized spacial score (nSPS) is 15.4. The number of halogens is 1. The Bertz CT molecular complexity index is 1300. The van der Waals surface area contributed by atoms with Crippen molar-refractivity contribution in [1.29, 1.82) is 0 Å². The fourth-order valence-electron chi connectivity index (χ4n) is 3.69. The maximum Gasteiger partial charge on any atom is 0.281 e. The molecule has 0 spiro atoms. The van der Waals surface area contributed by atoms with Crippen LogP contribution in [0.2, 0.25) is 0 Å². The minimum atomic E-state index is -0.322. The number of carbonyl (C=O) groups excluding carboxylic acids is 1. The molecule has 1 amide bonds. The van der Waals surface area contributed by atoms with Gasteiger partial charge in [-0.3, -0.25) is 4.79 Å². The summed E-state index contributed by atoms with van der Waals surface area (Å²) in [6.07, 6.45) is 1.22. The molecule has 2 aromatic carbocycles. The lowest BCUT2D eigenvalue weighted by molar-refractivity contribution is -0.135. The Morgan fingerprint density at radius 1 is 1.15 bits per heavy atom. The van der Waals surface area contributed by atoms with E-state index in [1.165, 1.54) is 17.1 Å². The molecule has 1 aliphatic rings.